The Morgan fingerprint density at radius 2 is 1.67 bits per heavy atom. The van der Waals surface area contributed by atoms with E-state index in [9.17, 15) is 50.8 Å². The number of ether oxygens (including phenoxy) is 1. The van der Waals surface area contributed by atoms with Gasteiger partial charge in [-0.2, -0.15) is 21.8 Å². The lowest BCUT2D eigenvalue weighted by molar-refractivity contribution is -0.140. The molecule has 6 N–H and O–H groups in total. The zero-order valence-electron chi connectivity index (χ0n) is 15.3. The van der Waals surface area contributed by atoms with Gasteiger partial charge in [0, 0.05) is 6.20 Å². The average molecular weight is 554 g/mol. The third-order valence-electron chi connectivity index (χ3n) is 3.65. The maximum absolute atomic E-state index is 14.3. The van der Waals surface area contributed by atoms with Crippen molar-refractivity contribution in [3.8, 4) is 0 Å². The molecule has 2 heterocycles. The number of phosphoric ester groups is 1. The fourth-order valence-electron chi connectivity index (χ4n) is 2.42. The lowest BCUT2D eigenvalue weighted by Gasteiger charge is -2.19. The molecule has 0 aliphatic carbocycles. The van der Waals surface area contributed by atoms with Gasteiger partial charge in [-0.1, -0.05) is 0 Å². The number of halogens is 4. The van der Waals surface area contributed by atoms with E-state index in [1.807, 2.05) is 0 Å². The van der Waals surface area contributed by atoms with Gasteiger partial charge in [0.25, 0.3) is 5.56 Å². The van der Waals surface area contributed by atoms with Crippen LogP contribution in [0.5, 0.6) is 0 Å². The van der Waals surface area contributed by atoms with Crippen molar-refractivity contribution < 1.29 is 73.8 Å². The summed E-state index contributed by atoms with van der Waals surface area (Å²) < 4.78 is 102. The number of nitrogens with one attached hydrogen (secondary N) is 1. The Morgan fingerprint density at radius 3 is 2.18 bits per heavy atom. The molecule has 1 aliphatic rings. The van der Waals surface area contributed by atoms with Crippen LogP contribution >= 0.6 is 23.5 Å². The largest absolute Gasteiger partial charge is 0.490 e. The summed E-state index contributed by atoms with van der Waals surface area (Å²) in [5.41, 5.74) is -5.28. The summed E-state index contributed by atoms with van der Waals surface area (Å²) in [6.07, 6.45) is -14.6. The molecule has 1 aliphatic heterocycles. The molecule has 0 radical (unpaired) electrons. The van der Waals surface area contributed by atoms with E-state index in [4.69, 9.17) is 19.4 Å². The summed E-state index contributed by atoms with van der Waals surface area (Å²) in [6.45, 7) is -1.40. The van der Waals surface area contributed by atoms with Gasteiger partial charge >= 0.3 is 35.3 Å². The number of aromatic amines is 1. The molecule has 1 saturated heterocycles. The average Bonchev–Trinajstić information content (AvgIpc) is 2.84. The molecule has 0 saturated carbocycles. The quantitative estimate of drug-likeness (QED) is 0.175. The Balaban J connectivity index is 2.18. The van der Waals surface area contributed by atoms with Gasteiger partial charge in [0.15, 0.2) is 12.4 Å². The number of H-pyrrole nitrogens is 1. The Bertz CT molecular complexity index is 1150. The fourth-order valence-corrected chi connectivity index (χ4v) is 5.45. The van der Waals surface area contributed by atoms with Crippen LogP contribution in [0.1, 0.15) is 11.8 Å². The Morgan fingerprint density at radius 1 is 1.09 bits per heavy atom. The van der Waals surface area contributed by atoms with E-state index in [2.05, 4.69) is 13.1 Å². The number of rotatable bonds is 8. The predicted octanol–water partition coefficient (Wildman–Crippen LogP) is -0.505. The molecular weight excluding hydrogens is 541 g/mol. The molecule has 0 bridgehead atoms. The molecular formula is C10H13F4N2O14P3. The van der Waals surface area contributed by atoms with Gasteiger partial charge in [0.1, 0.15) is 17.8 Å². The number of hydrogen-bond donors (Lipinski definition) is 6. The molecule has 2 unspecified atom stereocenters. The summed E-state index contributed by atoms with van der Waals surface area (Å²) in [5, 5.41) is 9.87. The Kier molecular flexibility index (Phi) is 7.97. The highest BCUT2D eigenvalue weighted by Crippen LogP contribution is 2.66. The molecule has 16 nitrogen and oxygen atoms in total. The van der Waals surface area contributed by atoms with Crippen LogP contribution in [0.4, 0.5) is 17.6 Å². The van der Waals surface area contributed by atoms with Crippen LogP contribution < -0.4 is 11.2 Å². The number of alkyl halides is 4. The van der Waals surface area contributed by atoms with Gasteiger partial charge in [0.05, 0.1) is 6.61 Å². The molecule has 6 atom stereocenters. The predicted molar refractivity (Wildman–Crippen MR) is 91.0 cm³/mol. The normalized spacial score (nSPS) is 27.8. The van der Waals surface area contributed by atoms with Gasteiger partial charge < -0.3 is 29.4 Å². The first kappa shape index (κ1) is 28.0. The van der Waals surface area contributed by atoms with Crippen molar-refractivity contribution in [2.24, 2.45) is 0 Å². The van der Waals surface area contributed by atoms with E-state index in [1.54, 1.807) is 0 Å². The molecule has 2 rings (SSSR count). The summed E-state index contributed by atoms with van der Waals surface area (Å²) in [5.74, 6) is 0. The zero-order chi connectivity index (χ0) is 25.6. The number of aromatic nitrogens is 2. The molecule has 33 heavy (non-hydrogen) atoms. The second kappa shape index (κ2) is 9.41. The van der Waals surface area contributed by atoms with Gasteiger partial charge in [-0.15, -0.1) is 0 Å². The van der Waals surface area contributed by atoms with Crippen molar-refractivity contribution >= 4 is 23.5 Å². The number of phosphoric acid groups is 3. The number of aliphatic hydroxyl groups is 1. The van der Waals surface area contributed by atoms with Crippen molar-refractivity contribution in [2.45, 2.75) is 30.8 Å². The molecule has 1 aromatic rings. The third-order valence-corrected chi connectivity index (χ3v) is 7.46. The van der Waals surface area contributed by atoms with Crippen LogP contribution in [-0.4, -0.2) is 59.2 Å². The van der Waals surface area contributed by atoms with Crippen molar-refractivity contribution in [1.29, 1.82) is 0 Å². The molecule has 0 spiro atoms. The van der Waals surface area contributed by atoms with Crippen LogP contribution in [0.15, 0.2) is 15.8 Å². The second-order valence-electron chi connectivity index (χ2n) is 6.09. The van der Waals surface area contributed by atoms with Crippen LogP contribution in [0.2, 0.25) is 0 Å². The van der Waals surface area contributed by atoms with Crippen LogP contribution in [0.25, 0.3) is 0 Å². The van der Waals surface area contributed by atoms with E-state index >= 15 is 0 Å². The van der Waals surface area contributed by atoms with Crippen molar-refractivity contribution in [3.63, 3.8) is 0 Å². The van der Waals surface area contributed by atoms with Gasteiger partial charge in [-0.25, -0.2) is 22.9 Å². The first-order valence-corrected chi connectivity index (χ1v) is 12.4. The summed E-state index contributed by atoms with van der Waals surface area (Å²) in [7, 11) is -17.3. The zero-order valence-corrected chi connectivity index (χ0v) is 18.0. The highest BCUT2D eigenvalue weighted by Gasteiger charge is 2.48. The number of hydrogen-bond acceptors (Lipinski definition) is 10. The molecule has 1 fully saturated rings. The van der Waals surface area contributed by atoms with E-state index in [1.165, 1.54) is 4.98 Å². The number of nitrogens with zero attached hydrogens (tertiary/aromatic N) is 1. The Labute approximate surface area is 177 Å². The third kappa shape index (κ3) is 7.35. The summed E-state index contributed by atoms with van der Waals surface area (Å²) in [4.78, 5) is 59.6. The van der Waals surface area contributed by atoms with Gasteiger partial charge in [0.2, 0.25) is 0 Å². The molecule has 0 aromatic carbocycles. The van der Waals surface area contributed by atoms with Crippen LogP contribution in [0, 0.1) is 0 Å². The van der Waals surface area contributed by atoms with Crippen LogP contribution in [-0.2, 0) is 37.8 Å². The van der Waals surface area contributed by atoms with Gasteiger partial charge in [-0.3, -0.25) is 18.9 Å². The first-order valence-electron chi connectivity index (χ1n) is 7.91. The molecule has 23 heteroatoms. The fraction of sp³-hybridized carbons (Fsp3) is 0.600. The monoisotopic (exact) mass is 554 g/mol. The summed E-state index contributed by atoms with van der Waals surface area (Å²) in [6, 6.07) is 0. The SMILES string of the molecule is O=c1[nH]c(=O)n([C@@H]2O[C@H](COP(=O)(O)OP(=O)(O)OP(=O)(O)O)[C@@H](F)[C@H]2O)cc1C(F)(F)F. The molecule has 1 aromatic heterocycles. The minimum atomic E-state index is -5.89. The minimum Gasteiger partial charge on any atom is -0.385 e. The van der Waals surface area contributed by atoms with Crippen molar-refractivity contribution in [3.05, 3.63) is 32.6 Å². The van der Waals surface area contributed by atoms with Crippen molar-refractivity contribution in [1.82, 2.24) is 9.55 Å². The molecule has 190 valence electrons. The first-order chi connectivity index (χ1) is 14.7. The standard InChI is InChI=1S/C10H13F4N2O14P3/c11-5-4(2-27-32(23,24)30-33(25,26)29-31(20,21)22)28-8(6(5)17)16-1-3(10(12,13)14)7(18)15-9(16)19/h1,4-6,8,17H,2H2,(H,23,24)(H,25,26)(H,15,18,19)(H2,20,21,22)/t4-,5-,6-,8-/m1/s1. The second-order valence-corrected chi connectivity index (χ2v) is 10.5. The maximum Gasteiger partial charge on any atom is 0.490 e. The van der Waals surface area contributed by atoms with Crippen molar-refractivity contribution in [2.75, 3.05) is 6.61 Å². The maximum atomic E-state index is 14.3. The minimum absolute atomic E-state index is 0.00764. The van der Waals surface area contributed by atoms with E-state index in [0.717, 1.165) is 0 Å². The highest BCUT2D eigenvalue weighted by molar-refractivity contribution is 7.66. The van der Waals surface area contributed by atoms with E-state index in [-0.39, 0.29) is 10.8 Å². The van der Waals surface area contributed by atoms with Crippen LogP contribution in [0.3, 0.4) is 0 Å². The highest BCUT2D eigenvalue weighted by atomic mass is 31.3. The summed E-state index contributed by atoms with van der Waals surface area (Å²) >= 11 is 0. The van der Waals surface area contributed by atoms with E-state index in [0.29, 0.717) is 0 Å². The Hall–Kier alpha value is -1.27. The topological polar surface area (TPSA) is 244 Å². The number of aliphatic hydroxyl groups excluding tert-OH is 1. The smallest absolute Gasteiger partial charge is 0.385 e. The lowest BCUT2D eigenvalue weighted by atomic mass is 10.1. The van der Waals surface area contributed by atoms with Gasteiger partial charge in [-0.05, 0) is 0 Å². The van der Waals surface area contributed by atoms with E-state index < -0.39 is 77.7 Å². The lowest BCUT2D eigenvalue weighted by Crippen LogP contribution is -2.39. The molecule has 0 amide bonds.